The summed E-state index contributed by atoms with van der Waals surface area (Å²) in [5.74, 6) is -0.237. The fraction of sp³-hybridized carbons (Fsp3) is 0.600. The van der Waals surface area contributed by atoms with Gasteiger partial charge in [-0.3, -0.25) is 0 Å². The third kappa shape index (κ3) is 5.53. The monoisotopic (exact) mass is 435 g/mol. The molecule has 1 fully saturated rings. The largest absolute Gasteiger partial charge is 0.516 e. The number of carbonyl (C=O) groups excluding carboxylic acids is 2. The van der Waals surface area contributed by atoms with Crippen LogP contribution in [0.4, 0.5) is 15.4 Å². The van der Waals surface area contributed by atoms with Crippen LogP contribution in [0.5, 0.6) is 5.88 Å². The summed E-state index contributed by atoms with van der Waals surface area (Å²) in [6, 6.07) is 0. The van der Waals surface area contributed by atoms with Crippen molar-refractivity contribution in [3.8, 4) is 5.88 Å². The van der Waals surface area contributed by atoms with Crippen LogP contribution in [0.3, 0.4) is 0 Å². The van der Waals surface area contributed by atoms with E-state index in [9.17, 15) is 9.59 Å². The summed E-state index contributed by atoms with van der Waals surface area (Å²) in [5.41, 5.74) is -1.72. The fourth-order valence-electron chi connectivity index (χ4n) is 2.50. The van der Waals surface area contributed by atoms with Gasteiger partial charge in [-0.2, -0.15) is 4.90 Å². The van der Waals surface area contributed by atoms with Gasteiger partial charge in [-0.25, -0.2) is 19.6 Å². The highest BCUT2D eigenvalue weighted by atomic mass is 16.7. The Hall–Kier alpha value is -2.66. The van der Waals surface area contributed by atoms with E-state index in [1.54, 1.807) is 20.8 Å². The van der Waals surface area contributed by atoms with E-state index >= 15 is 0 Å². The van der Waals surface area contributed by atoms with Gasteiger partial charge in [-0.05, 0) is 55.4 Å². The molecule has 31 heavy (non-hydrogen) atoms. The zero-order chi connectivity index (χ0) is 23.8. The van der Waals surface area contributed by atoms with Crippen molar-refractivity contribution in [1.82, 2.24) is 9.97 Å². The molecule has 2 rings (SSSR count). The fourth-order valence-corrected chi connectivity index (χ4v) is 2.50. The molecule has 1 saturated heterocycles. The lowest BCUT2D eigenvalue weighted by Gasteiger charge is -2.32. The summed E-state index contributed by atoms with van der Waals surface area (Å²) < 4.78 is 27.6. The topological polar surface area (TPSA) is 109 Å². The molecule has 10 nitrogen and oxygen atoms in total. The van der Waals surface area contributed by atoms with Gasteiger partial charge in [0.25, 0.3) is 5.88 Å². The molecule has 0 aromatic carbocycles. The Morgan fingerprint density at radius 2 is 1.68 bits per heavy atom. The first kappa shape index (κ1) is 24.6. The third-order valence-electron chi connectivity index (χ3n) is 4.66. The molecule has 0 aliphatic carbocycles. The Balaban J connectivity index is 2.46. The molecule has 1 aliphatic rings. The van der Waals surface area contributed by atoms with Gasteiger partial charge in [-0.1, -0.05) is 6.58 Å². The second-order valence-corrected chi connectivity index (χ2v) is 9.10. The van der Waals surface area contributed by atoms with E-state index in [2.05, 4.69) is 16.5 Å². The third-order valence-corrected chi connectivity index (χ3v) is 4.66. The molecule has 0 bridgehead atoms. The molecule has 0 saturated carbocycles. The Bertz CT molecular complexity index is 864. The average Bonchev–Trinajstić information content (AvgIpc) is 2.80. The van der Waals surface area contributed by atoms with Crippen LogP contribution in [0.2, 0.25) is 0 Å². The summed E-state index contributed by atoms with van der Waals surface area (Å²) in [4.78, 5) is 34.6. The summed E-state index contributed by atoms with van der Waals surface area (Å²) >= 11 is 0. The Labute approximate surface area is 183 Å². The van der Waals surface area contributed by atoms with Gasteiger partial charge in [-0.15, -0.1) is 0 Å². The van der Waals surface area contributed by atoms with E-state index in [-0.39, 0.29) is 17.5 Å². The molecular weight excluding hydrogens is 405 g/mol. The SMILES string of the molecule is C=C(C)OC(=O)N(C(=O)OC(C)(C)C)c1ncc(B2OC(C)(C)C(C)(C)O2)nc1OC. The highest BCUT2D eigenvalue weighted by Crippen LogP contribution is 2.36. The van der Waals surface area contributed by atoms with Crippen molar-refractivity contribution in [2.75, 3.05) is 12.0 Å². The first-order chi connectivity index (χ1) is 14.1. The molecule has 0 radical (unpaired) electrons. The number of ether oxygens (including phenoxy) is 3. The molecule has 1 aromatic rings. The molecule has 1 aromatic heterocycles. The van der Waals surface area contributed by atoms with Crippen molar-refractivity contribution >= 4 is 30.7 Å². The minimum Gasteiger partial charge on any atom is -0.478 e. The Morgan fingerprint density at radius 1 is 1.13 bits per heavy atom. The molecule has 1 aliphatic heterocycles. The molecule has 0 N–H and O–H groups in total. The summed E-state index contributed by atoms with van der Waals surface area (Å²) in [6.07, 6.45) is -0.724. The number of hydrogen-bond acceptors (Lipinski definition) is 9. The van der Waals surface area contributed by atoms with Crippen LogP contribution in [0.15, 0.2) is 18.5 Å². The molecule has 11 heteroatoms. The summed E-state index contributed by atoms with van der Waals surface area (Å²) in [5, 5.41) is 0. The molecule has 0 spiro atoms. The second kappa shape index (κ2) is 8.47. The lowest BCUT2D eigenvalue weighted by molar-refractivity contribution is 0.00578. The van der Waals surface area contributed by atoms with Crippen molar-refractivity contribution in [2.45, 2.75) is 72.2 Å². The molecule has 2 heterocycles. The van der Waals surface area contributed by atoms with Crippen molar-refractivity contribution in [2.24, 2.45) is 0 Å². The van der Waals surface area contributed by atoms with Gasteiger partial charge in [0.2, 0.25) is 5.82 Å². The molecule has 2 amide bonds. The average molecular weight is 435 g/mol. The van der Waals surface area contributed by atoms with Crippen LogP contribution in [-0.4, -0.2) is 53.2 Å². The standard InChI is InChI=1S/C20H30BN3O7/c1-12(2)28-16(25)24(17(26)29-18(3,4)5)14-15(27-10)23-13(11-22-14)21-30-19(6,7)20(8,9)31-21/h11H,1H2,2-10H3. The number of aromatic nitrogens is 2. The van der Waals surface area contributed by atoms with Crippen LogP contribution in [0, 0.1) is 0 Å². The zero-order valence-electron chi connectivity index (χ0n) is 19.6. The summed E-state index contributed by atoms with van der Waals surface area (Å²) in [6.45, 7) is 17.6. The lowest BCUT2D eigenvalue weighted by Crippen LogP contribution is -2.43. The van der Waals surface area contributed by atoms with Gasteiger partial charge >= 0.3 is 19.3 Å². The van der Waals surface area contributed by atoms with Gasteiger partial charge in [0.05, 0.1) is 29.7 Å². The predicted octanol–water partition coefficient (Wildman–Crippen LogP) is 3.20. The van der Waals surface area contributed by atoms with Crippen LogP contribution in [0.1, 0.15) is 55.4 Å². The van der Waals surface area contributed by atoms with Crippen molar-refractivity contribution < 1.29 is 33.1 Å². The Kier molecular flexibility index (Phi) is 6.72. The van der Waals surface area contributed by atoms with E-state index in [1.807, 2.05) is 27.7 Å². The predicted molar refractivity (Wildman–Crippen MR) is 114 cm³/mol. The number of hydrogen-bond donors (Lipinski definition) is 0. The van der Waals surface area contributed by atoms with E-state index in [1.165, 1.54) is 20.2 Å². The van der Waals surface area contributed by atoms with Crippen LogP contribution in [0.25, 0.3) is 0 Å². The number of imide groups is 1. The van der Waals surface area contributed by atoms with Gasteiger partial charge in [0.1, 0.15) is 5.60 Å². The highest BCUT2D eigenvalue weighted by molar-refractivity contribution is 6.61. The maximum Gasteiger partial charge on any atom is 0.516 e. The van der Waals surface area contributed by atoms with E-state index < -0.39 is 36.1 Å². The maximum atomic E-state index is 12.8. The molecule has 0 unspecified atom stereocenters. The Morgan fingerprint density at radius 3 is 2.13 bits per heavy atom. The van der Waals surface area contributed by atoms with Gasteiger partial charge in [0, 0.05) is 6.20 Å². The van der Waals surface area contributed by atoms with E-state index in [4.69, 9.17) is 23.5 Å². The smallest absolute Gasteiger partial charge is 0.478 e. The highest BCUT2D eigenvalue weighted by Gasteiger charge is 2.52. The van der Waals surface area contributed by atoms with Crippen LogP contribution < -0.4 is 15.2 Å². The van der Waals surface area contributed by atoms with Crippen LogP contribution in [-0.2, 0) is 18.8 Å². The number of anilines is 1. The molecule has 0 atom stereocenters. The zero-order valence-corrected chi connectivity index (χ0v) is 19.6. The van der Waals surface area contributed by atoms with E-state index in [0.29, 0.717) is 10.5 Å². The van der Waals surface area contributed by atoms with Crippen molar-refractivity contribution in [1.29, 1.82) is 0 Å². The number of carbonyl (C=O) groups is 2. The number of amides is 2. The second-order valence-electron chi connectivity index (χ2n) is 9.10. The minimum atomic E-state index is -1.06. The van der Waals surface area contributed by atoms with Gasteiger partial charge < -0.3 is 23.5 Å². The maximum absolute atomic E-state index is 12.8. The number of nitrogens with zero attached hydrogens (tertiary/aromatic N) is 3. The lowest BCUT2D eigenvalue weighted by atomic mass is 9.85. The number of allylic oxidation sites excluding steroid dienone is 1. The van der Waals surface area contributed by atoms with E-state index in [0.717, 1.165) is 0 Å². The quantitative estimate of drug-likeness (QED) is 0.520. The molecular formula is C20H30BN3O7. The normalized spacial score (nSPS) is 17.1. The molecule has 170 valence electrons. The van der Waals surface area contributed by atoms with Crippen LogP contribution >= 0.6 is 0 Å². The van der Waals surface area contributed by atoms with Gasteiger partial charge in [0.15, 0.2) is 0 Å². The van der Waals surface area contributed by atoms with Crippen molar-refractivity contribution in [3.63, 3.8) is 0 Å². The number of methoxy groups -OCH3 is 1. The summed E-state index contributed by atoms with van der Waals surface area (Å²) in [7, 11) is 0.525. The first-order valence-electron chi connectivity index (χ1n) is 9.75. The minimum absolute atomic E-state index is 0.0827. The van der Waals surface area contributed by atoms with Crippen molar-refractivity contribution in [3.05, 3.63) is 18.5 Å². The number of rotatable bonds is 4. The first-order valence-corrected chi connectivity index (χ1v) is 9.75.